The molecule has 2 atom stereocenters. The van der Waals surface area contributed by atoms with E-state index in [1.165, 1.54) is 4.90 Å². The number of piperazine rings is 1. The van der Waals surface area contributed by atoms with E-state index >= 15 is 0 Å². The highest BCUT2D eigenvalue weighted by atomic mass is 32.2. The number of aliphatic hydroxyl groups is 1. The van der Waals surface area contributed by atoms with E-state index in [2.05, 4.69) is 4.90 Å². The fourth-order valence-electron chi connectivity index (χ4n) is 3.96. The molecule has 0 unspecified atom stereocenters. The molecule has 1 aromatic rings. The average Bonchev–Trinajstić information content (AvgIpc) is 2.78. The van der Waals surface area contributed by atoms with E-state index in [4.69, 9.17) is 4.74 Å². The maximum absolute atomic E-state index is 13.2. The summed E-state index contributed by atoms with van der Waals surface area (Å²) < 4.78 is 33.2. The van der Waals surface area contributed by atoms with E-state index < -0.39 is 21.4 Å². The molecule has 1 aromatic carbocycles. The largest absolute Gasteiger partial charge is 0.445 e. The lowest BCUT2D eigenvalue weighted by Crippen LogP contribution is -2.55. The third-order valence-corrected chi connectivity index (χ3v) is 8.21. The number of piperidine rings is 1. The predicted octanol–water partition coefficient (Wildman–Crippen LogP) is 1.51. The molecule has 2 aliphatic rings. The fourth-order valence-corrected chi connectivity index (χ4v) is 5.89. The van der Waals surface area contributed by atoms with Crippen LogP contribution in [0.4, 0.5) is 4.79 Å². The Hall–Kier alpha value is -1.68. The Kier molecular flexibility index (Phi) is 8.10. The van der Waals surface area contributed by atoms with Crippen molar-refractivity contribution in [2.75, 3.05) is 45.8 Å². The van der Waals surface area contributed by atoms with E-state index in [0.29, 0.717) is 58.5 Å². The second kappa shape index (κ2) is 10.6. The van der Waals surface area contributed by atoms with Crippen molar-refractivity contribution >= 4 is 16.1 Å². The summed E-state index contributed by atoms with van der Waals surface area (Å²) in [5.41, 5.74) is 0.901. The lowest BCUT2D eigenvalue weighted by molar-refractivity contribution is 0.0863. The molecule has 2 saturated heterocycles. The summed E-state index contributed by atoms with van der Waals surface area (Å²) in [7, 11) is -3.48. The number of sulfonamides is 1. The highest BCUT2D eigenvalue weighted by Crippen LogP contribution is 2.22. The van der Waals surface area contributed by atoms with Crippen molar-refractivity contribution in [1.82, 2.24) is 14.1 Å². The molecule has 2 aliphatic heterocycles. The first kappa shape index (κ1) is 23.0. The van der Waals surface area contributed by atoms with Crippen molar-refractivity contribution in [3.8, 4) is 0 Å². The fraction of sp³-hybridized carbons (Fsp3) is 0.667. The van der Waals surface area contributed by atoms with Crippen LogP contribution in [-0.2, 0) is 21.4 Å². The molecule has 0 spiro atoms. The van der Waals surface area contributed by atoms with Crippen molar-refractivity contribution < 1.29 is 23.1 Å². The summed E-state index contributed by atoms with van der Waals surface area (Å²) in [5.74, 6) is 0. The third kappa shape index (κ3) is 5.94. The van der Waals surface area contributed by atoms with Crippen LogP contribution < -0.4 is 0 Å². The van der Waals surface area contributed by atoms with Crippen molar-refractivity contribution in [1.29, 1.82) is 0 Å². The van der Waals surface area contributed by atoms with Gasteiger partial charge in [0, 0.05) is 45.8 Å². The maximum Gasteiger partial charge on any atom is 0.410 e. The topological polar surface area (TPSA) is 90.4 Å². The quantitative estimate of drug-likeness (QED) is 0.693. The second-order valence-electron chi connectivity index (χ2n) is 8.06. The number of hydrogen-bond acceptors (Lipinski definition) is 6. The highest BCUT2D eigenvalue weighted by molar-refractivity contribution is 7.89. The first-order chi connectivity index (χ1) is 14.4. The minimum absolute atomic E-state index is 0.171. The molecule has 0 radical (unpaired) electrons. The molecular formula is C21H33N3O5S. The summed E-state index contributed by atoms with van der Waals surface area (Å²) in [6, 6.07) is 9.44. The van der Waals surface area contributed by atoms with Gasteiger partial charge in [0.2, 0.25) is 10.0 Å². The van der Waals surface area contributed by atoms with Gasteiger partial charge in [0.05, 0.1) is 11.4 Å². The smallest absolute Gasteiger partial charge is 0.410 e. The number of rotatable bonds is 7. The molecule has 9 heteroatoms. The molecule has 0 bridgehead atoms. The Morgan fingerprint density at radius 1 is 1.17 bits per heavy atom. The van der Waals surface area contributed by atoms with Gasteiger partial charge in [-0.3, -0.25) is 4.90 Å². The van der Waals surface area contributed by atoms with Crippen LogP contribution in [0.5, 0.6) is 0 Å². The van der Waals surface area contributed by atoms with Crippen LogP contribution in [0.2, 0.25) is 0 Å². The number of benzene rings is 1. The average molecular weight is 440 g/mol. The van der Waals surface area contributed by atoms with Crippen molar-refractivity contribution in [3.05, 3.63) is 35.9 Å². The lowest BCUT2D eigenvalue weighted by atomic mass is 10.1. The van der Waals surface area contributed by atoms with Crippen molar-refractivity contribution in [2.45, 2.75) is 44.1 Å². The minimum Gasteiger partial charge on any atom is -0.445 e. The van der Waals surface area contributed by atoms with E-state index in [0.717, 1.165) is 5.56 Å². The van der Waals surface area contributed by atoms with Crippen LogP contribution in [0.3, 0.4) is 0 Å². The zero-order chi connectivity index (χ0) is 21.6. The van der Waals surface area contributed by atoms with Gasteiger partial charge in [0.1, 0.15) is 6.61 Å². The number of hydrogen-bond donors (Lipinski definition) is 1. The van der Waals surface area contributed by atoms with E-state index in [9.17, 15) is 18.3 Å². The van der Waals surface area contributed by atoms with E-state index in [1.807, 2.05) is 37.3 Å². The second-order valence-corrected chi connectivity index (χ2v) is 10.3. The predicted molar refractivity (Wildman–Crippen MR) is 114 cm³/mol. The van der Waals surface area contributed by atoms with Gasteiger partial charge in [-0.1, -0.05) is 37.3 Å². The monoisotopic (exact) mass is 439 g/mol. The van der Waals surface area contributed by atoms with Gasteiger partial charge in [0.25, 0.3) is 0 Å². The number of ether oxygens (including phenoxy) is 1. The van der Waals surface area contributed by atoms with Crippen LogP contribution in [-0.4, -0.2) is 90.9 Å². The van der Waals surface area contributed by atoms with Crippen molar-refractivity contribution in [3.63, 3.8) is 0 Å². The van der Waals surface area contributed by atoms with Gasteiger partial charge in [-0.05, 0) is 24.8 Å². The van der Waals surface area contributed by atoms with Crippen LogP contribution in [0.25, 0.3) is 0 Å². The zero-order valence-corrected chi connectivity index (χ0v) is 18.5. The molecule has 30 heavy (non-hydrogen) atoms. The first-order valence-corrected chi connectivity index (χ1v) is 12.3. The Morgan fingerprint density at radius 3 is 2.53 bits per heavy atom. The molecule has 1 amide bonds. The number of nitrogens with zero attached hydrogens (tertiary/aromatic N) is 3. The molecule has 1 N–H and O–H groups in total. The standard InChI is InChI=1S/C21H33N3O5S/c1-2-19(25)15-22-11-13-24(14-12-22)30(27,28)20-9-6-10-23(16-20)21(26)29-17-18-7-4-3-5-8-18/h3-5,7-8,19-20,25H,2,6,9-17H2,1H3/t19-,20-/m1/s1. The number of likely N-dealkylation sites (tertiary alicyclic amines) is 1. The van der Waals surface area contributed by atoms with Crippen LogP contribution >= 0.6 is 0 Å². The molecule has 0 aliphatic carbocycles. The van der Waals surface area contributed by atoms with Gasteiger partial charge in [-0.2, -0.15) is 4.31 Å². The van der Waals surface area contributed by atoms with Crippen LogP contribution in [0.1, 0.15) is 31.7 Å². The van der Waals surface area contributed by atoms with Gasteiger partial charge in [-0.25, -0.2) is 13.2 Å². The van der Waals surface area contributed by atoms with Crippen LogP contribution in [0, 0.1) is 0 Å². The number of β-amino-alcohol motifs (C(OH)–C–C–N with tert-alkyl or cyclic N) is 1. The molecule has 3 rings (SSSR count). The summed E-state index contributed by atoms with van der Waals surface area (Å²) in [5, 5.41) is 9.22. The molecule has 168 valence electrons. The molecule has 2 fully saturated rings. The molecular weight excluding hydrogens is 406 g/mol. The first-order valence-electron chi connectivity index (χ1n) is 10.7. The molecule has 0 saturated carbocycles. The number of aliphatic hydroxyl groups excluding tert-OH is 1. The Labute approximate surface area is 179 Å². The SMILES string of the molecule is CC[C@@H](O)CN1CCN(S(=O)(=O)[C@@H]2CCCN(C(=O)OCc3ccccc3)C2)CC1. The van der Waals surface area contributed by atoms with Gasteiger partial charge in [-0.15, -0.1) is 0 Å². The molecule has 2 heterocycles. The van der Waals surface area contributed by atoms with Gasteiger partial charge >= 0.3 is 6.09 Å². The number of carbonyl (C=O) groups is 1. The Bertz CT molecular complexity index is 781. The lowest BCUT2D eigenvalue weighted by Gasteiger charge is -2.38. The summed E-state index contributed by atoms with van der Waals surface area (Å²) >= 11 is 0. The minimum atomic E-state index is -3.48. The Balaban J connectivity index is 1.52. The molecule has 8 nitrogen and oxygen atoms in total. The maximum atomic E-state index is 13.2. The summed E-state index contributed by atoms with van der Waals surface area (Å²) in [4.78, 5) is 16.1. The van der Waals surface area contributed by atoms with E-state index in [-0.39, 0.29) is 19.3 Å². The molecule has 0 aromatic heterocycles. The zero-order valence-electron chi connectivity index (χ0n) is 17.6. The van der Waals surface area contributed by atoms with E-state index in [1.54, 1.807) is 4.31 Å². The van der Waals surface area contributed by atoms with Crippen LogP contribution in [0.15, 0.2) is 30.3 Å². The highest BCUT2D eigenvalue weighted by Gasteiger charge is 2.38. The number of amides is 1. The summed E-state index contributed by atoms with van der Waals surface area (Å²) in [6.07, 6.45) is 1.06. The van der Waals surface area contributed by atoms with Gasteiger partial charge in [0.15, 0.2) is 0 Å². The summed E-state index contributed by atoms with van der Waals surface area (Å²) in [6.45, 7) is 5.46. The van der Waals surface area contributed by atoms with Gasteiger partial charge < -0.3 is 14.7 Å². The normalized spacial score (nSPS) is 22.6. The van der Waals surface area contributed by atoms with Crippen molar-refractivity contribution in [2.24, 2.45) is 0 Å². The number of carbonyl (C=O) groups excluding carboxylic acids is 1. The Morgan fingerprint density at radius 2 is 1.87 bits per heavy atom. The third-order valence-electron chi connectivity index (χ3n) is 5.89.